The van der Waals surface area contributed by atoms with Gasteiger partial charge in [0.15, 0.2) is 0 Å². The highest BCUT2D eigenvalue weighted by atomic mass is 16.5. The molecule has 0 aromatic carbocycles. The van der Waals surface area contributed by atoms with Crippen LogP contribution in [0.1, 0.15) is 46.0 Å². The molecule has 2 fully saturated rings. The van der Waals surface area contributed by atoms with Gasteiger partial charge in [-0.1, -0.05) is 19.8 Å². The molecule has 1 saturated heterocycles. The minimum absolute atomic E-state index is 0.0279. The largest absolute Gasteiger partial charge is 0.481 e. The predicted octanol–water partition coefficient (Wildman–Crippen LogP) is 1.84. The van der Waals surface area contributed by atoms with Gasteiger partial charge in [-0.25, -0.2) is 4.79 Å². The van der Waals surface area contributed by atoms with Crippen LogP contribution in [0, 0.1) is 5.92 Å². The third-order valence-electron chi connectivity index (χ3n) is 4.59. The lowest BCUT2D eigenvalue weighted by molar-refractivity contribution is -0.143. The Morgan fingerprint density at radius 1 is 1.33 bits per heavy atom. The van der Waals surface area contributed by atoms with E-state index in [1.54, 1.807) is 0 Å². The van der Waals surface area contributed by atoms with Crippen molar-refractivity contribution in [1.82, 2.24) is 10.2 Å². The fraction of sp³-hybridized carbons (Fsp3) is 0.867. The van der Waals surface area contributed by atoms with Crippen molar-refractivity contribution in [3.8, 4) is 0 Å². The van der Waals surface area contributed by atoms with E-state index in [0.717, 1.165) is 25.7 Å². The Morgan fingerprint density at radius 2 is 2.05 bits per heavy atom. The molecule has 2 amide bonds. The van der Waals surface area contributed by atoms with Crippen LogP contribution in [0.4, 0.5) is 4.79 Å². The summed E-state index contributed by atoms with van der Waals surface area (Å²) in [7, 11) is 0. The number of nitrogens with one attached hydrogen (secondary N) is 1. The molecule has 4 atom stereocenters. The van der Waals surface area contributed by atoms with E-state index in [-0.39, 0.29) is 24.2 Å². The lowest BCUT2D eigenvalue weighted by atomic mass is 9.84. The molecule has 6 nitrogen and oxygen atoms in total. The molecule has 120 valence electrons. The molecule has 1 heterocycles. The van der Waals surface area contributed by atoms with Gasteiger partial charge < -0.3 is 20.1 Å². The normalized spacial score (nSPS) is 33.5. The van der Waals surface area contributed by atoms with Crippen LogP contribution in [0.2, 0.25) is 0 Å². The highest BCUT2D eigenvalue weighted by molar-refractivity contribution is 5.77. The van der Waals surface area contributed by atoms with E-state index < -0.39 is 11.9 Å². The van der Waals surface area contributed by atoms with Gasteiger partial charge in [0.2, 0.25) is 0 Å². The number of amides is 2. The van der Waals surface area contributed by atoms with Crippen molar-refractivity contribution in [2.24, 2.45) is 5.92 Å². The number of rotatable bonds is 3. The fourth-order valence-corrected chi connectivity index (χ4v) is 3.27. The second-order valence-corrected chi connectivity index (χ2v) is 6.14. The summed E-state index contributed by atoms with van der Waals surface area (Å²) in [5, 5.41) is 12.2. The van der Waals surface area contributed by atoms with Gasteiger partial charge in [-0.15, -0.1) is 0 Å². The van der Waals surface area contributed by atoms with E-state index in [0.29, 0.717) is 19.6 Å². The van der Waals surface area contributed by atoms with Gasteiger partial charge >= 0.3 is 12.0 Å². The van der Waals surface area contributed by atoms with Crippen molar-refractivity contribution in [2.75, 3.05) is 13.2 Å². The predicted molar refractivity (Wildman–Crippen MR) is 78.1 cm³/mol. The number of carboxylic acid groups (broad SMARTS) is 1. The Morgan fingerprint density at radius 3 is 2.71 bits per heavy atom. The van der Waals surface area contributed by atoms with E-state index in [4.69, 9.17) is 4.74 Å². The second-order valence-electron chi connectivity index (χ2n) is 6.14. The maximum atomic E-state index is 12.5. The van der Waals surface area contributed by atoms with Crippen LogP contribution in [0.15, 0.2) is 0 Å². The smallest absolute Gasteiger partial charge is 0.318 e. The average Bonchev–Trinajstić information content (AvgIpc) is 2.47. The number of morpholine rings is 1. The zero-order chi connectivity index (χ0) is 15.4. The molecule has 1 aliphatic heterocycles. The Labute approximate surface area is 125 Å². The van der Waals surface area contributed by atoms with Gasteiger partial charge in [-0.2, -0.15) is 0 Å². The van der Waals surface area contributed by atoms with Gasteiger partial charge in [0.05, 0.1) is 24.7 Å². The molecule has 1 aliphatic carbocycles. The molecule has 0 radical (unpaired) electrons. The number of urea groups is 1. The van der Waals surface area contributed by atoms with Gasteiger partial charge in [0, 0.05) is 12.6 Å². The molecule has 1 saturated carbocycles. The quantitative estimate of drug-likeness (QED) is 0.833. The SMILES string of the molecule is CCC1COC(C)CN1C(=O)NC1CCCCC1C(=O)O. The first-order valence-electron chi connectivity index (χ1n) is 7.94. The number of ether oxygens (including phenoxy) is 1. The van der Waals surface area contributed by atoms with Gasteiger partial charge in [0.25, 0.3) is 0 Å². The summed E-state index contributed by atoms with van der Waals surface area (Å²) in [5.41, 5.74) is 0. The Hall–Kier alpha value is -1.30. The molecule has 2 rings (SSSR count). The monoisotopic (exact) mass is 298 g/mol. The number of carboxylic acids is 1. The fourth-order valence-electron chi connectivity index (χ4n) is 3.27. The maximum Gasteiger partial charge on any atom is 0.318 e. The van der Waals surface area contributed by atoms with Crippen LogP contribution >= 0.6 is 0 Å². The molecule has 0 spiro atoms. The van der Waals surface area contributed by atoms with E-state index in [1.807, 2.05) is 18.7 Å². The summed E-state index contributed by atoms with van der Waals surface area (Å²) >= 11 is 0. The average molecular weight is 298 g/mol. The van der Waals surface area contributed by atoms with Crippen LogP contribution in [0.5, 0.6) is 0 Å². The minimum Gasteiger partial charge on any atom is -0.481 e. The highest BCUT2D eigenvalue weighted by Gasteiger charge is 2.35. The van der Waals surface area contributed by atoms with Gasteiger partial charge in [-0.05, 0) is 26.2 Å². The van der Waals surface area contributed by atoms with Crippen molar-refractivity contribution in [2.45, 2.75) is 64.1 Å². The third kappa shape index (κ3) is 3.87. The number of aliphatic carboxylic acids is 1. The molecular formula is C15H26N2O4. The first kappa shape index (κ1) is 16.1. The molecule has 2 N–H and O–H groups in total. The standard InChI is InChI=1S/C15H26N2O4/c1-3-11-9-21-10(2)8-17(11)15(20)16-13-7-5-4-6-12(13)14(18)19/h10-13H,3-9H2,1-2H3,(H,16,20)(H,18,19). The number of hydrogen-bond acceptors (Lipinski definition) is 3. The Kier molecular flexibility index (Phi) is 5.45. The number of carbonyl (C=O) groups is 2. The van der Waals surface area contributed by atoms with Crippen molar-refractivity contribution >= 4 is 12.0 Å². The van der Waals surface area contributed by atoms with Gasteiger partial charge in [0.1, 0.15) is 0 Å². The van der Waals surface area contributed by atoms with Crippen LogP contribution in [0.25, 0.3) is 0 Å². The molecule has 0 aromatic heterocycles. The maximum absolute atomic E-state index is 12.5. The lowest BCUT2D eigenvalue weighted by Crippen LogP contribution is -2.57. The zero-order valence-electron chi connectivity index (χ0n) is 12.9. The number of hydrogen-bond donors (Lipinski definition) is 2. The molecular weight excluding hydrogens is 272 g/mol. The van der Waals surface area contributed by atoms with E-state index in [2.05, 4.69) is 5.32 Å². The zero-order valence-corrected chi connectivity index (χ0v) is 12.9. The first-order valence-corrected chi connectivity index (χ1v) is 7.94. The topological polar surface area (TPSA) is 78.9 Å². The first-order chi connectivity index (χ1) is 10.0. The van der Waals surface area contributed by atoms with E-state index >= 15 is 0 Å². The van der Waals surface area contributed by atoms with Crippen molar-refractivity contribution in [1.29, 1.82) is 0 Å². The van der Waals surface area contributed by atoms with Crippen LogP contribution < -0.4 is 5.32 Å². The minimum atomic E-state index is -0.803. The van der Waals surface area contributed by atoms with Crippen molar-refractivity contribution in [3.05, 3.63) is 0 Å². The summed E-state index contributed by atoms with van der Waals surface area (Å²) in [6, 6.07) is -0.317. The van der Waals surface area contributed by atoms with Crippen LogP contribution in [-0.2, 0) is 9.53 Å². The van der Waals surface area contributed by atoms with Gasteiger partial charge in [-0.3, -0.25) is 4.79 Å². The van der Waals surface area contributed by atoms with E-state index in [1.165, 1.54) is 0 Å². The molecule has 0 bridgehead atoms. The summed E-state index contributed by atoms with van der Waals surface area (Å²) in [6.45, 7) is 5.10. The molecule has 2 aliphatic rings. The summed E-state index contributed by atoms with van der Waals surface area (Å²) in [5.74, 6) is -1.26. The van der Waals surface area contributed by atoms with E-state index in [9.17, 15) is 14.7 Å². The van der Waals surface area contributed by atoms with Crippen molar-refractivity contribution in [3.63, 3.8) is 0 Å². The van der Waals surface area contributed by atoms with Crippen LogP contribution in [-0.4, -0.2) is 53.3 Å². The van der Waals surface area contributed by atoms with Crippen LogP contribution in [0.3, 0.4) is 0 Å². The second kappa shape index (κ2) is 7.11. The lowest BCUT2D eigenvalue weighted by Gasteiger charge is -2.40. The summed E-state index contributed by atoms with van der Waals surface area (Å²) in [4.78, 5) is 25.6. The Balaban J connectivity index is 1.99. The molecule has 0 aromatic rings. The molecule has 6 heteroatoms. The summed E-state index contributed by atoms with van der Waals surface area (Å²) in [6.07, 6.45) is 4.17. The number of carbonyl (C=O) groups excluding carboxylic acids is 1. The molecule has 21 heavy (non-hydrogen) atoms. The summed E-state index contributed by atoms with van der Waals surface area (Å²) < 4.78 is 5.60. The Bertz CT molecular complexity index is 388. The third-order valence-corrected chi connectivity index (χ3v) is 4.59. The van der Waals surface area contributed by atoms with Crippen molar-refractivity contribution < 1.29 is 19.4 Å². The number of nitrogens with zero attached hydrogens (tertiary/aromatic N) is 1. The molecule has 4 unspecified atom stereocenters. The highest BCUT2D eigenvalue weighted by Crippen LogP contribution is 2.25.